The Morgan fingerprint density at radius 1 is 0.690 bits per heavy atom. The minimum absolute atomic E-state index is 0.167. The van der Waals surface area contributed by atoms with Gasteiger partial charge in [0.05, 0.1) is 11.7 Å². The van der Waals surface area contributed by atoms with E-state index in [4.69, 9.17) is 22.3 Å². The van der Waals surface area contributed by atoms with Crippen LogP contribution in [0.25, 0.3) is 0 Å². The average Bonchev–Trinajstić information content (AvgIpc) is 3.61. The average molecular weight is 585 g/mol. The van der Waals surface area contributed by atoms with Gasteiger partial charge >= 0.3 is 0 Å². The van der Waals surface area contributed by atoms with Crippen LogP contribution in [0.4, 0.5) is 0 Å². The summed E-state index contributed by atoms with van der Waals surface area (Å²) in [4.78, 5) is 8.85. The second kappa shape index (κ2) is 27.3. The van der Waals surface area contributed by atoms with E-state index < -0.39 is 0 Å². The SMILES string of the molecule is CC(=N)N.CC(C)CCC(=N)N.CC(C)CCC1=NCCC1.CC(C)CCC1=NCCC1.CC(C)Cc1ccccc1. The molecule has 1 aromatic rings. The van der Waals surface area contributed by atoms with Crippen molar-refractivity contribution in [2.24, 2.45) is 45.1 Å². The zero-order chi connectivity index (χ0) is 32.3. The summed E-state index contributed by atoms with van der Waals surface area (Å²) < 4.78 is 0. The van der Waals surface area contributed by atoms with E-state index in [0.29, 0.717) is 11.8 Å². The Kier molecular flexibility index (Phi) is 27.1. The van der Waals surface area contributed by atoms with Crippen LogP contribution in [0.5, 0.6) is 0 Å². The highest BCUT2D eigenvalue weighted by Gasteiger charge is 2.07. The molecule has 0 atom stereocenters. The molecule has 0 radical (unpaired) electrons. The third-order valence-electron chi connectivity index (χ3n) is 6.42. The molecule has 0 aliphatic carbocycles. The second-order valence-corrected chi connectivity index (χ2v) is 13.2. The molecule has 0 fully saturated rings. The van der Waals surface area contributed by atoms with E-state index in [1.54, 1.807) is 0 Å². The van der Waals surface area contributed by atoms with Crippen molar-refractivity contribution in [2.45, 2.75) is 133 Å². The largest absolute Gasteiger partial charge is 0.388 e. The third kappa shape index (κ3) is 33.7. The topological polar surface area (TPSA) is 124 Å². The summed E-state index contributed by atoms with van der Waals surface area (Å²) in [6.07, 6.45) is 13.3. The van der Waals surface area contributed by atoms with Crippen molar-refractivity contribution in [3.05, 3.63) is 35.9 Å². The number of benzene rings is 1. The summed E-state index contributed by atoms with van der Waals surface area (Å²) in [5.41, 5.74) is 14.2. The molecule has 0 aromatic heterocycles. The van der Waals surface area contributed by atoms with E-state index in [-0.39, 0.29) is 5.84 Å². The molecule has 3 rings (SSSR count). The predicted octanol–water partition coefficient (Wildman–Crippen LogP) is 9.50. The Balaban J connectivity index is 0. The molecule has 0 saturated heterocycles. The fourth-order valence-electron chi connectivity index (χ4n) is 4.05. The number of hydrogen-bond donors (Lipinski definition) is 4. The zero-order valence-electron chi connectivity index (χ0n) is 28.9. The third-order valence-corrected chi connectivity index (χ3v) is 6.42. The zero-order valence-corrected chi connectivity index (χ0v) is 28.9. The number of nitrogens with zero attached hydrogens (tertiary/aromatic N) is 2. The van der Waals surface area contributed by atoms with Gasteiger partial charge in [0.15, 0.2) is 0 Å². The van der Waals surface area contributed by atoms with Crippen molar-refractivity contribution in [3.63, 3.8) is 0 Å². The molecule has 6 nitrogen and oxygen atoms in total. The van der Waals surface area contributed by atoms with Crippen LogP contribution in [0.15, 0.2) is 40.3 Å². The first-order valence-electron chi connectivity index (χ1n) is 16.4. The van der Waals surface area contributed by atoms with E-state index in [2.05, 4.69) is 95.7 Å². The monoisotopic (exact) mass is 585 g/mol. The molecule has 0 amide bonds. The van der Waals surface area contributed by atoms with Crippen LogP contribution in [0.3, 0.4) is 0 Å². The van der Waals surface area contributed by atoms with Crippen LogP contribution in [0.1, 0.15) is 132 Å². The lowest BCUT2D eigenvalue weighted by atomic mass is 10.0. The normalized spacial score (nSPS) is 13.5. The van der Waals surface area contributed by atoms with Crippen LogP contribution in [0, 0.1) is 34.5 Å². The summed E-state index contributed by atoms with van der Waals surface area (Å²) in [7, 11) is 0. The van der Waals surface area contributed by atoms with Crippen molar-refractivity contribution in [1.29, 1.82) is 10.8 Å². The molecule has 0 bridgehead atoms. The molecule has 2 aliphatic heterocycles. The van der Waals surface area contributed by atoms with Crippen molar-refractivity contribution < 1.29 is 0 Å². The van der Waals surface area contributed by atoms with E-state index in [0.717, 1.165) is 43.7 Å². The van der Waals surface area contributed by atoms with Crippen molar-refractivity contribution >= 4 is 23.1 Å². The van der Waals surface area contributed by atoms with Gasteiger partial charge in [-0.25, -0.2) is 0 Å². The molecular weight excluding hydrogens is 516 g/mol. The number of nitrogens with two attached hydrogens (primary N) is 2. The first kappa shape index (κ1) is 41.6. The summed E-state index contributed by atoms with van der Waals surface area (Å²) >= 11 is 0. The lowest BCUT2D eigenvalue weighted by Crippen LogP contribution is -2.09. The first-order valence-corrected chi connectivity index (χ1v) is 16.4. The number of aliphatic imine (C=N–C) groups is 2. The van der Waals surface area contributed by atoms with Gasteiger partial charge in [-0.15, -0.1) is 0 Å². The Bertz CT molecular complexity index is 817. The Morgan fingerprint density at radius 3 is 1.36 bits per heavy atom. The van der Waals surface area contributed by atoms with Crippen LogP contribution in [0.2, 0.25) is 0 Å². The Hall–Kier alpha value is -2.50. The van der Waals surface area contributed by atoms with Gasteiger partial charge in [-0.2, -0.15) is 0 Å². The van der Waals surface area contributed by atoms with Crippen LogP contribution in [-0.4, -0.2) is 36.2 Å². The van der Waals surface area contributed by atoms with Crippen molar-refractivity contribution in [3.8, 4) is 0 Å². The second-order valence-electron chi connectivity index (χ2n) is 13.2. The maximum Gasteiger partial charge on any atom is 0.0905 e. The molecule has 2 heterocycles. The van der Waals surface area contributed by atoms with Crippen LogP contribution >= 0.6 is 0 Å². The fraction of sp³-hybridized carbons (Fsp3) is 0.722. The lowest BCUT2D eigenvalue weighted by Gasteiger charge is -2.02. The van der Waals surface area contributed by atoms with Crippen molar-refractivity contribution in [1.82, 2.24) is 0 Å². The van der Waals surface area contributed by atoms with E-state index in [9.17, 15) is 0 Å². The molecule has 0 unspecified atom stereocenters. The highest BCUT2D eigenvalue weighted by Crippen LogP contribution is 2.13. The van der Waals surface area contributed by atoms with Gasteiger partial charge in [-0.1, -0.05) is 85.7 Å². The van der Waals surface area contributed by atoms with Gasteiger partial charge in [0.25, 0.3) is 0 Å². The molecule has 1 aromatic carbocycles. The molecule has 42 heavy (non-hydrogen) atoms. The molecule has 0 spiro atoms. The van der Waals surface area contributed by atoms with E-state index >= 15 is 0 Å². The number of amidine groups is 2. The van der Waals surface area contributed by atoms with Gasteiger partial charge in [0, 0.05) is 30.9 Å². The van der Waals surface area contributed by atoms with E-state index in [1.807, 2.05) is 0 Å². The first-order chi connectivity index (χ1) is 19.7. The van der Waals surface area contributed by atoms with Gasteiger partial charge in [0.1, 0.15) is 0 Å². The Morgan fingerprint density at radius 2 is 1.10 bits per heavy atom. The quantitative estimate of drug-likeness (QED) is 0.153. The standard InChI is InChI=1S/C10H14.2C9H17N.C6H14N2.C2H6N2/c1-9(2)8-10-6-4-3-5-7-10;2*1-8(2)5-6-9-4-3-7-10-9;1-5(2)3-4-6(7)8;1-2(3)4/h3-7,9H,8H2,1-2H3;2*8H,3-7H2,1-2H3;5H,3-4H2,1-2H3,(H3,7,8);1H3,(H3,3,4). The lowest BCUT2D eigenvalue weighted by molar-refractivity contribution is 0.601. The molecule has 6 heteroatoms. The molecule has 0 saturated carbocycles. The predicted molar refractivity (Wildman–Crippen MR) is 190 cm³/mol. The summed E-state index contributed by atoms with van der Waals surface area (Å²) in [6, 6.07) is 10.6. The smallest absolute Gasteiger partial charge is 0.0905 e. The number of hydrogen-bond acceptors (Lipinski definition) is 4. The molecular formula is C36H68N6. The maximum absolute atomic E-state index is 6.87. The Labute approximate surface area is 260 Å². The van der Waals surface area contributed by atoms with E-state index in [1.165, 1.54) is 81.7 Å². The highest BCUT2D eigenvalue weighted by molar-refractivity contribution is 5.86. The minimum atomic E-state index is 0.167. The van der Waals surface area contributed by atoms with Gasteiger partial charge in [-0.05, 0) is 100 Å². The summed E-state index contributed by atoms with van der Waals surface area (Å²) in [5.74, 6) is 3.58. The summed E-state index contributed by atoms with van der Waals surface area (Å²) in [6.45, 7) is 21.5. The van der Waals surface area contributed by atoms with Gasteiger partial charge in [-0.3, -0.25) is 20.8 Å². The minimum Gasteiger partial charge on any atom is -0.388 e. The maximum atomic E-state index is 6.87. The van der Waals surface area contributed by atoms with Crippen LogP contribution < -0.4 is 11.5 Å². The van der Waals surface area contributed by atoms with Crippen LogP contribution in [-0.2, 0) is 6.42 Å². The molecule has 6 N–H and O–H groups in total. The van der Waals surface area contributed by atoms with Gasteiger partial charge < -0.3 is 11.5 Å². The fourth-order valence-corrected chi connectivity index (χ4v) is 4.05. The number of rotatable bonds is 11. The number of nitrogens with one attached hydrogen (secondary N) is 2. The summed E-state index contributed by atoms with van der Waals surface area (Å²) in [5, 5.41) is 13.1. The van der Waals surface area contributed by atoms with Gasteiger partial charge in [0.2, 0.25) is 0 Å². The molecule has 2 aliphatic rings. The van der Waals surface area contributed by atoms with Crippen molar-refractivity contribution in [2.75, 3.05) is 13.1 Å². The highest BCUT2D eigenvalue weighted by atomic mass is 14.8. The molecule has 242 valence electrons.